The van der Waals surface area contributed by atoms with Crippen LogP contribution in [0.3, 0.4) is 0 Å². The van der Waals surface area contributed by atoms with Gasteiger partial charge in [-0.05, 0) is 37.5 Å². The molecule has 1 saturated heterocycles. The Balaban J connectivity index is 1.67. The van der Waals surface area contributed by atoms with Gasteiger partial charge >= 0.3 is 0 Å². The predicted octanol–water partition coefficient (Wildman–Crippen LogP) is 3.59. The molecule has 1 aliphatic heterocycles. The van der Waals surface area contributed by atoms with Crippen LogP contribution in [0.4, 0.5) is 0 Å². The third kappa shape index (κ3) is 4.91. The topological polar surface area (TPSA) is 49.9 Å². The average Bonchev–Trinajstić information content (AvgIpc) is 2.72. The molecule has 1 unspecified atom stereocenters. The lowest BCUT2D eigenvalue weighted by Gasteiger charge is -2.36. The maximum absolute atomic E-state index is 13.3. The maximum Gasteiger partial charge on any atom is 0.249 e. The van der Waals surface area contributed by atoms with Gasteiger partial charge in [0.25, 0.3) is 0 Å². The molecule has 148 valence electrons. The van der Waals surface area contributed by atoms with E-state index in [1.807, 2.05) is 61.5 Å². The van der Waals surface area contributed by atoms with Gasteiger partial charge in [-0.1, -0.05) is 48.0 Å². The highest BCUT2D eigenvalue weighted by molar-refractivity contribution is 5.89. The van der Waals surface area contributed by atoms with E-state index in [1.54, 1.807) is 16.8 Å². The second-order valence-corrected chi connectivity index (χ2v) is 7.28. The number of hydrogen-bond donors (Lipinski definition) is 0. The molecule has 0 bridgehead atoms. The van der Waals surface area contributed by atoms with E-state index in [0.717, 1.165) is 24.2 Å². The highest BCUT2D eigenvalue weighted by Crippen LogP contribution is 2.27. The van der Waals surface area contributed by atoms with Crippen molar-refractivity contribution in [1.82, 2.24) is 9.80 Å². The molecule has 2 aromatic carbocycles. The molecule has 1 fully saturated rings. The van der Waals surface area contributed by atoms with E-state index in [0.29, 0.717) is 26.1 Å². The van der Waals surface area contributed by atoms with Crippen LogP contribution in [-0.2, 0) is 9.59 Å². The molecule has 1 atom stereocenters. The summed E-state index contributed by atoms with van der Waals surface area (Å²) in [5.41, 5.74) is 2.03. The number of ether oxygens (including phenoxy) is 1. The summed E-state index contributed by atoms with van der Waals surface area (Å²) >= 11 is 0. The lowest BCUT2D eigenvalue weighted by Crippen LogP contribution is -2.46. The van der Waals surface area contributed by atoms with E-state index in [9.17, 15) is 9.59 Å². The molecule has 0 radical (unpaired) electrons. The molecule has 0 N–H and O–H groups in total. The van der Waals surface area contributed by atoms with E-state index in [4.69, 9.17) is 4.74 Å². The Hall–Kier alpha value is -2.82. The molecule has 5 heteroatoms. The number of likely N-dealkylation sites (N-methyl/N-ethyl adjacent to an activating group) is 1. The van der Waals surface area contributed by atoms with Crippen molar-refractivity contribution < 1.29 is 14.3 Å². The van der Waals surface area contributed by atoms with Gasteiger partial charge in [0.05, 0.1) is 6.54 Å². The van der Waals surface area contributed by atoms with Crippen molar-refractivity contribution in [3.05, 3.63) is 65.7 Å². The van der Waals surface area contributed by atoms with Crippen LogP contribution in [0.25, 0.3) is 0 Å². The molecular formula is C23H28N2O3. The van der Waals surface area contributed by atoms with Crippen LogP contribution >= 0.6 is 0 Å². The maximum atomic E-state index is 13.3. The van der Waals surface area contributed by atoms with Crippen molar-refractivity contribution in [1.29, 1.82) is 0 Å². The lowest BCUT2D eigenvalue weighted by molar-refractivity contribution is -0.147. The van der Waals surface area contributed by atoms with E-state index >= 15 is 0 Å². The van der Waals surface area contributed by atoms with Gasteiger partial charge in [0.15, 0.2) is 0 Å². The van der Waals surface area contributed by atoms with Crippen LogP contribution < -0.4 is 4.74 Å². The van der Waals surface area contributed by atoms with E-state index in [2.05, 4.69) is 0 Å². The first-order valence-electron chi connectivity index (χ1n) is 9.85. The second-order valence-electron chi connectivity index (χ2n) is 7.28. The normalized spacial score (nSPS) is 15.2. The Kier molecular flexibility index (Phi) is 6.69. The van der Waals surface area contributed by atoms with Crippen LogP contribution in [0.5, 0.6) is 5.75 Å². The molecule has 3 rings (SSSR count). The van der Waals surface area contributed by atoms with Crippen LogP contribution in [0.15, 0.2) is 54.6 Å². The molecular weight excluding hydrogens is 352 g/mol. The Morgan fingerprint density at radius 2 is 1.82 bits per heavy atom. The number of piperidine rings is 1. The Labute approximate surface area is 166 Å². The van der Waals surface area contributed by atoms with Crippen molar-refractivity contribution >= 4 is 11.8 Å². The molecule has 2 aromatic rings. The van der Waals surface area contributed by atoms with E-state index in [-0.39, 0.29) is 11.8 Å². The fraction of sp³-hybridized carbons (Fsp3) is 0.391. The standard InChI is InChI=1S/C23H28N2O3/c1-18-11-13-20(14-12-18)28-17-16-24(2)23(27)22(19-8-4-3-5-9-19)25-15-7-6-10-21(25)26/h3-5,8-9,11-14,22H,6-7,10,15-17H2,1-2H3. The molecule has 0 saturated carbocycles. The second kappa shape index (κ2) is 9.40. The van der Waals surface area contributed by atoms with Crippen molar-refractivity contribution in [2.45, 2.75) is 32.2 Å². The minimum Gasteiger partial charge on any atom is -0.492 e. The van der Waals surface area contributed by atoms with Gasteiger partial charge in [-0.15, -0.1) is 0 Å². The number of nitrogens with zero attached hydrogens (tertiary/aromatic N) is 2. The molecule has 0 aromatic heterocycles. The monoisotopic (exact) mass is 380 g/mol. The lowest BCUT2D eigenvalue weighted by atomic mass is 10.00. The molecule has 28 heavy (non-hydrogen) atoms. The fourth-order valence-electron chi connectivity index (χ4n) is 3.44. The number of carbonyl (C=O) groups is 2. The van der Waals surface area contributed by atoms with Crippen molar-refractivity contribution in [3.63, 3.8) is 0 Å². The molecule has 1 heterocycles. The van der Waals surface area contributed by atoms with Crippen molar-refractivity contribution in [2.75, 3.05) is 26.7 Å². The zero-order chi connectivity index (χ0) is 19.9. The summed E-state index contributed by atoms with van der Waals surface area (Å²) in [6.07, 6.45) is 2.34. The highest BCUT2D eigenvalue weighted by Gasteiger charge is 2.34. The summed E-state index contributed by atoms with van der Waals surface area (Å²) in [5, 5.41) is 0. The summed E-state index contributed by atoms with van der Waals surface area (Å²) < 4.78 is 5.76. The summed E-state index contributed by atoms with van der Waals surface area (Å²) in [6.45, 7) is 3.51. The number of carbonyl (C=O) groups excluding carboxylic acids is 2. The number of amides is 2. The van der Waals surface area contributed by atoms with E-state index in [1.165, 1.54) is 5.56 Å². The Morgan fingerprint density at radius 1 is 1.11 bits per heavy atom. The molecule has 0 aliphatic carbocycles. The molecule has 5 nitrogen and oxygen atoms in total. The summed E-state index contributed by atoms with van der Waals surface area (Å²) in [5.74, 6) is 0.768. The summed E-state index contributed by atoms with van der Waals surface area (Å²) in [7, 11) is 1.77. The molecule has 1 aliphatic rings. The van der Waals surface area contributed by atoms with E-state index < -0.39 is 6.04 Å². The zero-order valence-corrected chi connectivity index (χ0v) is 16.6. The minimum absolute atomic E-state index is 0.0535. The minimum atomic E-state index is -0.571. The Bertz CT molecular complexity index is 789. The van der Waals surface area contributed by atoms with Gasteiger partial charge in [-0.2, -0.15) is 0 Å². The number of rotatable bonds is 7. The fourth-order valence-corrected chi connectivity index (χ4v) is 3.44. The van der Waals surface area contributed by atoms with Crippen LogP contribution in [0.1, 0.15) is 36.4 Å². The van der Waals surface area contributed by atoms with Gasteiger partial charge in [0.1, 0.15) is 18.4 Å². The summed E-state index contributed by atoms with van der Waals surface area (Å²) in [6, 6.07) is 16.8. The number of aryl methyl sites for hydroxylation is 1. The van der Waals surface area contributed by atoms with Crippen LogP contribution in [0.2, 0.25) is 0 Å². The van der Waals surface area contributed by atoms with Gasteiger partial charge in [0, 0.05) is 20.0 Å². The van der Waals surface area contributed by atoms with Crippen molar-refractivity contribution in [3.8, 4) is 5.75 Å². The molecule has 0 spiro atoms. The SMILES string of the molecule is Cc1ccc(OCCN(C)C(=O)C(c2ccccc2)N2CCCCC2=O)cc1. The van der Waals surface area contributed by atoms with Gasteiger partial charge in [-0.25, -0.2) is 0 Å². The quantitative estimate of drug-likeness (QED) is 0.738. The Morgan fingerprint density at radius 3 is 2.50 bits per heavy atom. The first-order valence-corrected chi connectivity index (χ1v) is 9.85. The van der Waals surface area contributed by atoms with Crippen molar-refractivity contribution in [2.24, 2.45) is 0 Å². The van der Waals surface area contributed by atoms with Crippen LogP contribution in [-0.4, -0.2) is 48.4 Å². The zero-order valence-electron chi connectivity index (χ0n) is 16.6. The third-order valence-electron chi connectivity index (χ3n) is 5.11. The first kappa shape index (κ1) is 19.9. The van der Waals surface area contributed by atoms with Gasteiger partial charge < -0.3 is 14.5 Å². The number of likely N-dealkylation sites (tertiary alicyclic amines) is 1. The largest absolute Gasteiger partial charge is 0.492 e. The number of benzene rings is 2. The molecule has 2 amide bonds. The predicted molar refractivity (Wildman–Crippen MR) is 109 cm³/mol. The van der Waals surface area contributed by atoms with Crippen LogP contribution in [0, 0.1) is 6.92 Å². The highest BCUT2D eigenvalue weighted by atomic mass is 16.5. The van der Waals surface area contributed by atoms with Gasteiger partial charge in [-0.3, -0.25) is 9.59 Å². The third-order valence-corrected chi connectivity index (χ3v) is 5.11. The summed E-state index contributed by atoms with van der Waals surface area (Å²) in [4.78, 5) is 29.1. The number of hydrogen-bond acceptors (Lipinski definition) is 3. The first-order chi connectivity index (χ1) is 13.6. The van der Waals surface area contributed by atoms with Gasteiger partial charge in [0.2, 0.25) is 11.8 Å². The smallest absolute Gasteiger partial charge is 0.249 e. The average molecular weight is 380 g/mol.